The lowest BCUT2D eigenvalue weighted by Gasteiger charge is -2.18. The third-order valence-electron chi connectivity index (χ3n) is 3.93. The number of hydrogen-bond acceptors (Lipinski definition) is 3. The van der Waals surface area contributed by atoms with Gasteiger partial charge >= 0.3 is 11.8 Å². The smallest absolute Gasteiger partial charge is 0.313 e. The Labute approximate surface area is 135 Å². The lowest BCUT2D eigenvalue weighted by molar-refractivity contribution is -0.136. The predicted octanol–water partition coefficient (Wildman–Crippen LogP) is 2.16. The summed E-state index contributed by atoms with van der Waals surface area (Å²) in [7, 11) is 0. The maximum Gasteiger partial charge on any atom is 0.313 e. The highest BCUT2D eigenvalue weighted by Crippen LogP contribution is 2.34. The van der Waals surface area contributed by atoms with E-state index in [1.807, 2.05) is 30.3 Å². The maximum absolute atomic E-state index is 12.1. The Morgan fingerprint density at radius 3 is 2.52 bits per heavy atom. The van der Waals surface area contributed by atoms with E-state index in [0.29, 0.717) is 11.6 Å². The van der Waals surface area contributed by atoms with Crippen molar-refractivity contribution in [2.24, 2.45) is 5.92 Å². The third-order valence-corrected chi connectivity index (χ3v) is 3.93. The van der Waals surface area contributed by atoms with E-state index in [0.717, 1.165) is 24.8 Å². The van der Waals surface area contributed by atoms with Crippen LogP contribution in [0.3, 0.4) is 0 Å². The number of pyridine rings is 1. The Hall–Kier alpha value is -2.69. The summed E-state index contributed by atoms with van der Waals surface area (Å²) >= 11 is 0. The van der Waals surface area contributed by atoms with Crippen LogP contribution in [0.2, 0.25) is 0 Å². The summed E-state index contributed by atoms with van der Waals surface area (Å²) in [5.74, 6) is -0.788. The van der Waals surface area contributed by atoms with Crippen molar-refractivity contribution in [3.8, 4) is 0 Å². The first kappa shape index (κ1) is 15.2. The Kier molecular flexibility index (Phi) is 4.66. The SMILES string of the molecule is O=C(Nc1cccnc1)C(=O)NC(Cc1ccccc1)C1CC1. The van der Waals surface area contributed by atoms with E-state index in [1.165, 1.54) is 6.20 Å². The molecule has 118 valence electrons. The monoisotopic (exact) mass is 309 g/mol. The molecule has 2 amide bonds. The molecule has 1 unspecified atom stereocenters. The Bertz CT molecular complexity index is 669. The van der Waals surface area contributed by atoms with Gasteiger partial charge in [-0.05, 0) is 42.9 Å². The molecule has 2 N–H and O–H groups in total. The molecule has 23 heavy (non-hydrogen) atoms. The van der Waals surface area contributed by atoms with Gasteiger partial charge in [0.15, 0.2) is 0 Å². The average molecular weight is 309 g/mol. The molecule has 3 rings (SSSR count). The molecule has 1 atom stereocenters. The normalized spacial score (nSPS) is 14.8. The summed E-state index contributed by atoms with van der Waals surface area (Å²) in [6, 6.07) is 13.4. The van der Waals surface area contributed by atoms with Crippen LogP contribution in [0, 0.1) is 5.92 Å². The highest BCUT2D eigenvalue weighted by atomic mass is 16.2. The molecule has 5 heteroatoms. The molecule has 2 aromatic rings. The predicted molar refractivity (Wildman–Crippen MR) is 87.7 cm³/mol. The number of rotatable bonds is 5. The average Bonchev–Trinajstić information content (AvgIpc) is 3.41. The number of anilines is 1. The number of benzene rings is 1. The van der Waals surface area contributed by atoms with Crippen LogP contribution < -0.4 is 10.6 Å². The largest absolute Gasteiger partial charge is 0.344 e. The van der Waals surface area contributed by atoms with E-state index in [4.69, 9.17) is 0 Å². The van der Waals surface area contributed by atoms with Gasteiger partial charge in [-0.1, -0.05) is 30.3 Å². The van der Waals surface area contributed by atoms with Gasteiger partial charge in [0.05, 0.1) is 11.9 Å². The highest BCUT2D eigenvalue weighted by Gasteiger charge is 2.33. The van der Waals surface area contributed by atoms with Crippen molar-refractivity contribution in [1.29, 1.82) is 0 Å². The number of hydrogen-bond donors (Lipinski definition) is 2. The molecule has 0 aliphatic heterocycles. The molecular weight excluding hydrogens is 290 g/mol. The second-order valence-electron chi connectivity index (χ2n) is 5.80. The zero-order valence-electron chi connectivity index (χ0n) is 12.7. The van der Waals surface area contributed by atoms with Gasteiger partial charge in [-0.3, -0.25) is 14.6 Å². The van der Waals surface area contributed by atoms with Crippen molar-refractivity contribution in [3.05, 3.63) is 60.4 Å². The van der Waals surface area contributed by atoms with Crippen LogP contribution in [-0.2, 0) is 16.0 Å². The van der Waals surface area contributed by atoms with E-state index in [9.17, 15) is 9.59 Å². The molecule has 0 saturated heterocycles. The maximum atomic E-state index is 12.1. The second-order valence-corrected chi connectivity index (χ2v) is 5.80. The van der Waals surface area contributed by atoms with Gasteiger partial charge in [0.1, 0.15) is 0 Å². The molecule has 1 aromatic carbocycles. The van der Waals surface area contributed by atoms with Gasteiger partial charge in [0.25, 0.3) is 0 Å². The van der Waals surface area contributed by atoms with Crippen LogP contribution in [0.25, 0.3) is 0 Å². The number of nitrogens with zero attached hydrogens (tertiary/aromatic N) is 1. The van der Waals surface area contributed by atoms with E-state index >= 15 is 0 Å². The minimum Gasteiger partial charge on any atom is -0.344 e. The molecule has 0 spiro atoms. The lowest BCUT2D eigenvalue weighted by atomic mass is 10.0. The van der Waals surface area contributed by atoms with Crippen LogP contribution in [0.4, 0.5) is 5.69 Å². The molecule has 5 nitrogen and oxygen atoms in total. The van der Waals surface area contributed by atoms with Crippen LogP contribution in [0.1, 0.15) is 18.4 Å². The standard InChI is InChI=1S/C18H19N3O2/c22-17(20-15-7-4-10-19-12-15)18(23)21-16(14-8-9-14)11-13-5-2-1-3-6-13/h1-7,10,12,14,16H,8-9,11H2,(H,20,22)(H,21,23). The lowest BCUT2D eigenvalue weighted by Crippen LogP contribution is -2.44. The quantitative estimate of drug-likeness (QED) is 0.831. The Morgan fingerprint density at radius 2 is 1.87 bits per heavy atom. The molecular formula is C18H19N3O2. The Morgan fingerprint density at radius 1 is 1.09 bits per heavy atom. The molecule has 1 aliphatic carbocycles. The molecule has 0 bridgehead atoms. The zero-order chi connectivity index (χ0) is 16.1. The van der Waals surface area contributed by atoms with Crippen LogP contribution in [0.5, 0.6) is 0 Å². The fourth-order valence-corrected chi connectivity index (χ4v) is 2.56. The van der Waals surface area contributed by atoms with E-state index in [1.54, 1.807) is 18.3 Å². The van der Waals surface area contributed by atoms with Crippen molar-refractivity contribution < 1.29 is 9.59 Å². The molecule has 0 radical (unpaired) electrons. The molecule has 1 fully saturated rings. The van der Waals surface area contributed by atoms with E-state index < -0.39 is 11.8 Å². The molecule has 1 aromatic heterocycles. The Balaban J connectivity index is 1.59. The summed E-state index contributed by atoms with van der Waals surface area (Å²) < 4.78 is 0. The van der Waals surface area contributed by atoms with Crippen molar-refractivity contribution in [3.63, 3.8) is 0 Å². The van der Waals surface area contributed by atoms with Crippen LogP contribution >= 0.6 is 0 Å². The number of carbonyl (C=O) groups excluding carboxylic acids is 2. The fraction of sp³-hybridized carbons (Fsp3) is 0.278. The van der Waals surface area contributed by atoms with Gasteiger partial charge in [-0.25, -0.2) is 0 Å². The summed E-state index contributed by atoms with van der Waals surface area (Å²) in [5, 5.41) is 5.43. The van der Waals surface area contributed by atoms with Gasteiger partial charge in [0, 0.05) is 12.2 Å². The first-order chi connectivity index (χ1) is 11.2. The topological polar surface area (TPSA) is 71.1 Å². The summed E-state index contributed by atoms with van der Waals surface area (Å²) in [6.45, 7) is 0. The van der Waals surface area contributed by atoms with Crippen molar-refractivity contribution in [2.45, 2.75) is 25.3 Å². The fourth-order valence-electron chi connectivity index (χ4n) is 2.56. The minimum atomic E-state index is -0.656. The van der Waals surface area contributed by atoms with Crippen LogP contribution in [-0.4, -0.2) is 22.8 Å². The van der Waals surface area contributed by atoms with Crippen LogP contribution in [0.15, 0.2) is 54.9 Å². The first-order valence-electron chi connectivity index (χ1n) is 7.78. The molecule has 1 aliphatic rings. The van der Waals surface area contributed by atoms with Crippen molar-refractivity contribution in [1.82, 2.24) is 10.3 Å². The summed E-state index contributed by atoms with van der Waals surface area (Å²) in [5.41, 5.74) is 1.68. The first-order valence-corrected chi connectivity index (χ1v) is 7.78. The van der Waals surface area contributed by atoms with E-state index in [-0.39, 0.29) is 6.04 Å². The number of carbonyl (C=O) groups is 2. The van der Waals surface area contributed by atoms with Gasteiger partial charge in [-0.2, -0.15) is 0 Å². The zero-order valence-corrected chi connectivity index (χ0v) is 12.7. The second kappa shape index (κ2) is 7.05. The molecule has 1 heterocycles. The number of nitrogens with one attached hydrogen (secondary N) is 2. The highest BCUT2D eigenvalue weighted by molar-refractivity contribution is 6.39. The molecule has 1 saturated carbocycles. The summed E-state index contributed by atoms with van der Waals surface area (Å²) in [6.07, 6.45) is 6.06. The van der Waals surface area contributed by atoms with Crippen molar-refractivity contribution in [2.75, 3.05) is 5.32 Å². The minimum absolute atomic E-state index is 0.00421. The number of aromatic nitrogens is 1. The van der Waals surface area contributed by atoms with Gasteiger partial charge in [0.2, 0.25) is 0 Å². The van der Waals surface area contributed by atoms with Gasteiger partial charge in [-0.15, -0.1) is 0 Å². The van der Waals surface area contributed by atoms with Crippen molar-refractivity contribution >= 4 is 17.5 Å². The van der Waals surface area contributed by atoms with E-state index in [2.05, 4.69) is 15.6 Å². The van der Waals surface area contributed by atoms with Gasteiger partial charge < -0.3 is 10.6 Å². The summed E-state index contributed by atoms with van der Waals surface area (Å²) in [4.78, 5) is 28.0. The third kappa shape index (κ3) is 4.39. The number of amides is 2.